The van der Waals surface area contributed by atoms with Gasteiger partial charge in [0.25, 0.3) is 10.0 Å². The molecule has 0 fully saturated rings. The van der Waals surface area contributed by atoms with Crippen LogP contribution in [0.5, 0.6) is 0 Å². The lowest BCUT2D eigenvalue weighted by Gasteiger charge is -2.11. The van der Waals surface area contributed by atoms with Gasteiger partial charge in [-0.15, -0.1) is 0 Å². The Labute approximate surface area is 152 Å². The molecule has 2 aromatic carbocycles. The Morgan fingerprint density at radius 2 is 1.69 bits per heavy atom. The Kier molecular flexibility index (Phi) is 4.95. The Morgan fingerprint density at radius 1 is 1.04 bits per heavy atom. The quantitative estimate of drug-likeness (QED) is 0.647. The zero-order chi connectivity index (χ0) is 18.7. The molecular formula is C20H19NO4S. The van der Waals surface area contributed by atoms with E-state index in [9.17, 15) is 13.2 Å². The van der Waals surface area contributed by atoms with Crippen LogP contribution in [0.2, 0.25) is 0 Å². The van der Waals surface area contributed by atoms with Crippen LogP contribution in [0, 0.1) is 6.92 Å². The maximum atomic E-state index is 13.1. The maximum absolute atomic E-state index is 13.1. The first kappa shape index (κ1) is 17.9. The number of hydrogen-bond acceptors (Lipinski definition) is 4. The summed E-state index contributed by atoms with van der Waals surface area (Å²) >= 11 is 0. The van der Waals surface area contributed by atoms with Crippen LogP contribution in [0.1, 0.15) is 27.2 Å². The van der Waals surface area contributed by atoms with Crippen molar-refractivity contribution in [1.29, 1.82) is 0 Å². The molecule has 1 heterocycles. The first-order chi connectivity index (χ1) is 12.4. The van der Waals surface area contributed by atoms with E-state index in [1.165, 1.54) is 13.3 Å². The molecule has 5 nitrogen and oxygen atoms in total. The predicted octanol–water partition coefficient (Wildman–Crippen LogP) is 3.41. The largest absolute Gasteiger partial charge is 0.465 e. The summed E-state index contributed by atoms with van der Waals surface area (Å²) in [5, 5.41) is 0. The third-order valence-corrected chi connectivity index (χ3v) is 5.81. The summed E-state index contributed by atoms with van der Waals surface area (Å²) in [7, 11) is -2.55. The summed E-state index contributed by atoms with van der Waals surface area (Å²) in [5.41, 5.74) is 2.62. The second-order valence-electron chi connectivity index (χ2n) is 5.99. The number of benzene rings is 2. The molecule has 0 unspecified atom stereocenters. The molecule has 6 heteroatoms. The van der Waals surface area contributed by atoms with E-state index in [2.05, 4.69) is 0 Å². The summed E-state index contributed by atoms with van der Waals surface area (Å²) in [4.78, 5) is 12.1. The van der Waals surface area contributed by atoms with E-state index in [0.717, 1.165) is 15.1 Å². The average Bonchev–Trinajstić information content (AvgIpc) is 3.07. The monoisotopic (exact) mass is 369 g/mol. The third kappa shape index (κ3) is 3.55. The average molecular weight is 369 g/mol. The van der Waals surface area contributed by atoms with Crippen LogP contribution >= 0.6 is 0 Å². The molecular weight excluding hydrogens is 350 g/mol. The van der Waals surface area contributed by atoms with Gasteiger partial charge in [-0.25, -0.2) is 17.2 Å². The number of aryl methyl sites for hydroxylation is 1. The van der Waals surface area contributed by atoms with Gasteiger partial charge in [0.15, 0.2) is 0 Å². The Bertz CT molecular complexity index is 1020. The first-order valence-electron chi connectivity index (χ1n) is 8.07. The van der Waals surface area contributed by atoms with Crippen LogP contribution in [-0.2, 0) is 21.2 Å². The molecule has 0 aliphatic rings. The van der Waals surface area contributed by atoms with E-state index in [1.54, 1.807) is 30.3 Å². The number of ether oxygens (including phenoxy) is 1. The highest BCUT2D eigenvalue weighted by Gasteiger charge is 2.23. The topological polar surface area (TPSA) is 65.4 Å². The zero-order valence-electron chi connectivity index (χ0n) is 14.5. The van der Waals surface area contributed by atoms with Gasteiger partial charge in [0.1, 0.15) is 0 Å². The summed E-state index contributed by atoms with van der Waals surface area (Å²) < 4.78 is 32.1. The molecule has 0 N–H and O–H groups in total. The van der Waals surface area contributed by atoms with Gasteiger partial charge in [0.05, 0.1) is 17.6 Å². The first-order valence-corrected chi connectivity index (χ1v) is 9.51. The normalized spacial score (nSPS) is 11.3. The van der Waals surface area contributed by atoms with Crippen molar-refractivity contribution in [3.05, 3.63) is 89.2 Å². The van der Waals surface area contributed by atoms with E-state index >= 15 is 0 Å². The summed E-state index contributed by atoms with van der Waals surface area (Å²) in [6, 6.07) is 17.7. The SMILES string of the molecule is COC(=O)c1cc(Cc2ccccc2)n(S(=O)(=O)c2ccc(C)cc2)c1. The van der Waals surface area contributed by atoms with Crippen LogP contribution in [0.15, 0.2) is 71.8 Å². The van der Waals surface area contributed by atoms with Crippen LogP contribution in [0.25, 0.3) is 0 Å². The van der Waals surface area contributed by atoms with Crippen molar-refractivity contribution >= 4 is 16.0 Å². The Balaban J connectivity index is 2.10. The fraction of sp³-hybridized carbons (Fsp3) is 0.150. The minimum atomic E-state index is -3.82. The van der Waals surface area contributed by atoms with Gasteiger partial charge in [-0.3, -0.25) is 0 Å². The minimum Gasteiger partial charge on any atom is -0.465 e. The fourth-order valence-corrected chi connectivity index (χ4v) is 4.09. The Morgan fingerprint density at radius 3 is 2.31 bits per heavy atom. The lowest BCUT2D eigenvalue weighted by molar-refractivity contribution is 0.0601. The van der Waals surface area contributed by atoms with Gasteiger partial charge >= 0.3 is 5.97 Å². The summed E-state index contributed by atoms with van der Waals surface area (Å²) in [5.74, 6) is -0.572. The van der Waals surface area contributed by atoms with Gasteiger partial charge in [0.2, 0.25) is 0 Å². The lowest BCUT2D eigenvalue weighted by atomic mass is 10.1. The number of methoxy groups -OCH3 is 1. The van der Waals surface area contributed by atoms with E-state index in [-0.39, 0.29) is 10.5 Å². The van der Waals surface area contributed by atoms with Crippen molar-refractivity contribution in [3.8, 4) is 0 Å². The van der Waals surface area contributed by atoms with Crippen molar-refractivity contribution in [3.63, 3.8) is 0 Å². The van der Waals surface area contributed by atoms with Crippen LogP contribution in [-0.4, -0.2) is 25.5 Å². The van der Waals surface area contributed by atoms with Gasteiger partial charge in [-0.2, -0.15) is 0 Å². The van der Waals surface area contributed by atoms with E-state index in [4.69, 9.17) is 4.74 Å². The van der Waals surface area contributed by atoms with E-state index < -0.39 is 16.0 Å². The summed E-state index contributed by atoms with van der Waals surface area (Å²) in [6.45, 7) is 1.89. The zero-order valence-corrected chi connectivity index (χ0v) is 15.4. The molecule has 134 valence electrons. The molecule has 0 radical (unpaired) electrons. The predicted molar refractivity (Wildman–Crippen MR) is 98.8 cm³/mol. The number of rotatable bonds is 5. The van der Waals surface area contributed by atoms with Crippen molar-refractivity contribution in [2.45, 2.75) is 18.2 Å². The molecule has 26 heavy (non-hydrogen) atoms. The number of carbonyl (C=O) groups is 1. The molecule has 0 amide bonds. The Hall–Kier alpha value is -2.86. The van der Waals surface area contributed by atoms with E-state index in [1.807, 2.05) is 37.3 Å². The third-order valence-electron chi connectivity index (χ3n) is 4.09. The van der Waals surface area contributed by atoms with Crippen LogP contribution in [0.4, 0.5) is 0 Å². The van der Waals surface area contributed by atoms with Gasteiger partial charge in [-0.05, 0) is 30.7 Å². The molecule has 1 aromatic heterocycles. The van der Waals surface area contributed by atoms with Crippen molar-refractivity contribution < 1.29 is 17.9 Å². The van der Waals surface area contributed by atoms with Gasteiger partial charge < -0.3 is 4.74 Å². The molecule has 0 atom stereocenters. The summed E-state index contributed by atoms with van der Waals surface area (Å²) in [6.07, 6.45) is 1.70. The number of aromatic nitrogens is 1. The van der Waals surface area contributed by atoms with Crippen molar-refractivity contribution in [2.75, 3.05) is 7.11 Å². The van der Waals surface area contributed by atoms with Gasteiger partial charge in [-0.1, -0.05) is 48.0 Å². The van der Waals surface area contributed by atoms with Crippen LogP contribution < -0.4 is 0 Å². The highest BCUT2D eigenvalue weighted by atomic mass is 32.2. The molecule has 0 aliphatic heterocycles. The van der Waals surface area contributed by atoms with Gasteiger partial charge in [0, 0.05) is 18.3 Å². The smallest absolute Gasteiger partial charge is 0.339 e. The van der Waals surface area contributed by atoms with Crippen LogP contribution in [0.3, 0.4) is 0 Å². The molecule has 3 aromatic rings. The second-order valence-corrected chi connectivity index (χ2v) is 7.80. The number of carbonyl (C=O) groups excluding carboxylic acids is 1. The second kappa shape index (κ2) is 7.17. The molecule has 0 aliphatic carbocycles. The lowest BCUT2D eigenvalue weighted by Crippen LogP contribution is -2.15. The molecule has 0 saturated heterocycles. The molecule has 0 saturated carbocycles. The van der Waals surface area contributed by atoms with E-state index in [0.29, 0.717) is 12.1 Å². The minimum absolute atomic E-state index is 0.171. The maximum Gasteiger partial charge on any atom is 0.339 e. The number of nitrogens with zero attached hydrogens (tertiary/aromatic N) is 1. The highest BCUT2D eigenvalue weighted by Crippen LogP contribution is 2.22. The number of hydrogen-bond donors (Lipinski definition) is 0. The van der Waals surface area contributed by atoms with Crippen molar-refractivity contribution in [1.82, 2.24) is 3.97 Å². The highest BCUT2D eigenvalue weighted by molar-refractivity contribution is 7.90. The van der Waals surface area contributed by atoms with Crippen molar-refractivity contribution in [2.24, 2.45) is 0 Å². The fourth-order valence-electron chi connectivity index (χ4n) is 2.70. The molecule has 3 rings (SSSR count). The number of esters is 1. The molecule has 0 spiro atoms. The standard InChI is InChI=1S/C20H19NO4S/c1-15-8-10-19(11-9-15)26(23,24)21-14-17(20(22)25-2)13-18(21)12-16-6-4-3-5-7-16/h3-11,13-14H,12H2,1-2H3. The molecule has 0 bridgehead atoms.